The fourth-order valence-electron chi connectivity index (χ4n) is 1.51. The maximum absolute atomic E-state index is 12.4. The Hall–Kier alpha value is -2.24. The van der Waals surface area contributed by atoms with Crippen LogP contribution in [0.25, 0.3) is 0 Å². The van der Waals surface area contributed by atoms with E-state index in [1.54, 1.807) is 0 Å². The quantitative estimate of drug-likeness (QED) is 0.591. The maximum Gasteiger partial charge on any atom is 0.445 e. The van der Waals surface area contributed by atoms with Gasteiger partial charge >= 0.3 is 18.2 Å². The number of hydrogen-bond acceptors (Lipinski definition) is 7. The van der Waals surface area contributed by atoms with Crippen molar-refractivity contribution in [1.82, 2.24) is 15.1 Å². The Morgan fingerprint density at radius 2 is 1.95 bits per heavy atom. The molecule has 3 amide bonds. The number of urea groups is 1. The summed E-state index contributed by atoms with van der Waals surface area (Å²) in [4.78, 5) is 35.9. The highest BCUT2D eigenvalue weighted by atomic mass is 32.1. The highest BCUT2D eigenvalue weighted by Crippen LogP contribution is 2.36. The molecule has 2 heterocycles. The molecular weight excluding hydrogens is 317 g/mol. The first-order chi connectivity index (χ1) is 9.62. The average molecular weight is 324 g/mol. The normalized spacial score (nSPS) is 19.4. The van der Waals surface area contributed by atoms with Crippen molar-refractivity contribution in [2.45, 2.75) is 19.3 Å². The van der Waals surface area contributed by atoms with Gasteiger partial charge in [0.1, 0.15) is 0 Å². The Balaban J connectivity index is 2.32. The molecule has 1 aromatic heterocycles. The van der Waals surface area contributed by atoms with Crippen LogP contribution in [0.2, 0.25) is 0 Å². The van der Waals surface area contributed by atoms with Gasteiger partial charge in [0, 0.05) is 14.0 Å². The molecule has 0 N–H and O–H groups in total. The molecule has 1 aromatic rings. The lowest BCUT2D eigenvalue weighted by Crippen LogP contribution is -2.35. The van der Waals surface area contributed by atoms with E-state index in [1.807, 2.05) is 0 Å². The minimum atomic E-state index is -4.73. The van der Waals surface area contributed by atoms with Crippen molar-refractivity contribution in [3.8, 4) is 0 Å². The van der Waals surface area contributed by atoms with Crippen molar-refractivity contribution in [3.63, 3.8) is 0 Å². The number of hydrogen-bond donors (Lipinski definition) is 0. The van der Waals surface area contributed by atoms with Crippen molar-refractivity contribution < 1.29 is 32.3 Å². The minimum absolute atomic E-state index is 0.0374. The molecule has 1 saturated heterocycles. The van der Waals surface area contributed by atoms with Crippen molar-refractivity contribution in [3.05, 3.63) is 5.01 Å². The molecule has 114 valence electrons. The second-order valence-corrected chi connectivity index (χ2v) is 4.87. The number of aromatic nitrogens is 2. The number of alkyl halides is 3. The average Bonchev–Trinajstić information content (AvgIpc) is 2.89. The molecule has 0 bridgehead atoms. The third-order valence-corrected chi connectivity index (χ3v) is 3.36. The lowest BCUT2D eigenvalue weighted by Gasteiger charge is -2.14. The van der Waals surface area contributed by atoms with Crippen molar-refractivity contribution >= 4 is 34.4 Å². The van der Waals surface area contributed by atoms with Gasteiger partial charge in [0.05, 0.1) is 0 Å². The van der Waals surface area contributed by atoms with Crippen LogP contribution in [0, 0.1) is 0 Å². The second kappa shape index (κ2) is 4.95. The van der Waals surface area contributed by atoms with Crippen molar-refractivity contribution in [1.29, 1.82) is 0 Å². The van der Waals surface area contributed by atoms with Gasteiger partial charge in [-0.1, -0.05) is 11.3 Å². The number of likely N-dealkylation sites (N-methyl/N-ethyl adjacent to an activating group) is 1. The molecule has 1 aliphatic rings. The van der Waals surface area contributed by atoms with E-state index >= 15 is 0 Å². The molecule has 1 aliphatic heterocycles. The van der Waals surface area contributed by atoms with Crippen molar-refractivity contribution in [2.75, 3.05) is 11.9 Å². The van der Waals surface area contributed by atoms with Gasteiger partial charge in [-0.3, -0.25) is 14.5 Å². The van der Waals surface area contributed by atoms with E-state index in [0.29, 0.717) is 4.90 Å². The molecule has 2 rings (SSSR count). The van der Waals surface area contributed by atoms with Crippen LogP contribution in [0.4, 0.5) is 23.1 Å². The summed E-state index contributed by atoms with van der Waals surface area (Å²) < 4.78 is 42.0. The Kier molecular flexibility index (Phi) is 3.57. The third kappa shape index (κ3) is 2.66. The molecule has 0 aromatic carbocycles. The molecule has 0 saturated carbocycles. The van der Waals surface area contributed by atoms with Gasteiger partial charge in [0.15, 0.2) is 0 Å². The van der Waals surface area contributed by atoms with E-state index in [1.165, 1.54) is 7.05 Å². The zero-order valence-electron chi connectivity index (χ0n) is 10.5. The number of halogens is 3. The number of ether oxygens (including phenoxy) is 1. The number of rotatable bonds is 2. The van der Waals surface area contributed by atoms with Gasteiger partial charge in [-0.25, -0.2) is 4.79 Å². The number of carbonyl (C=O) groups is 3. The molecule has 12 heteroatoms. The lowest BCUT2D eigenvalue weighted by molar-refractivity contribution is -0.157. The maximum atomic E-state index is 12.4. The van der Waals surface area contributed by atoms with E-state index in [0.717, 1.165) is 11.8 Å². The monoisotopic (exact) mass is 324 g/mol. The molecule has 8 nitrogen and oxygen atoms in total. The summed E-state index contributed by atoms with van der Waals surface area (Å²) in [7, 11) is 1.17. The first-order valence-corrected chi connectivity index (χ1v) is 6.13. The van der Waals surface area contributed by atoms with Gasteiger partial charge in [-0.15, -0.1) is 10.2 Å². The van der Waals surface area contributed by atoms with Gasteiger partial charge in [0.2, 0.25) is 10.1 Å². The van der Waals surface area contributed by atoms with Gasteiger partial charge in [-0.05, 0) is 0 Å². The third-order valence-electron chi connectivity index (χ3n) is 2.40. The topological polar surface area (TPSA) is 92.7 Å². The molecule has 1 atom stereocenters. The Bertz CT molecular complexity index is 616. The van der Waals surface area contributed by atoms with E-state index < -0.39 is 40.5 Å². The van der Waals surface area contributed by atoms with Crippen LogP contribution in [0.15, 0.2) is 0 Å². The SMILES string of the molecule is CC(=O)OC1C(=O)N(c2nnc(C(F)(F)F)s2)C(=O)N1C. The number of anilines is 1. The highest BCUT2D eigenvalue weighted by Gasteiger charge is 2.48. The Labute approximate surface area is 119 Å². The predicted octanol–water partition coefficient (Wildman–Crippen LogP) is 0.844. The number of imide groups is 1. The summed E-state index contributed by atoms with van der Waals surface area (Å²) in [5.74, 6) is -1.83. The fourth-order valence-corrected chi connectivity index (χ4v) is 2.22. The molecule has 0 radical (unpaired) electrons. The Morgan fingerprint density at radius 3 is 2.43 bits per heavy atom. The van der Waals surface area contributed by atoms with Crippen LogP contribution < -0.4 is 4.90 Å². The molecular formula is C9H7F3N4O4S. The summed E-state index contributed by atoms with van der Waals surface area (Å²) in [5.41, 5.74) is 0. The minimum Gasteiger partial charge on any atom is -0.432 e. The number of esters is 1. The molecule has 21 heavy (non-hydrogen) atoms. The zero-order valence-corrected chi connectivity index (χ0v) is 11.4. The van der Waals surface area contributed by atoms with Crippen LogP contribution in [0.1, 0.15) is 11.9 Å². The standard InChI is InChI=1S/C9H7F3N4O4S/c1-3(17)20-5-4(18)16(8(19)15(5)2)7-14-13-6(21-7)9(10,11)12/h5H,1-2H3. The van der Waals surface area contributed by atoms with E-state index in [2.05, 4.69) is 14.9 Å². The summed E-state index contributed by atoms with van der Waals surface area (Å²) in [6.45, 7) is 1.03. The fraction of sp³-hybridized carbons (Fsp3) is 0.444. The first kappa shape index (κ1) is 15.2. The lowest BCUT2D eigenvalue weighted by atomic mass is 10.5. The van der Waals surface area contributed by atoms with Crippen LogP contribution in [-0.4, -0.2) is 46.3 Å². The van der Waals surface area contributed by atoms with Crippen LogP contribution in [0.3, 0.4) is 0 Å². The predicted molar refractivity (Wildman–Crippen MR) is 61.1 cm³/mol. The van der Waals surface area contributed by atoms with Gasteiger partial charge in [-0.2, -0.15) is 18.1 Å². The largest absolute Gasteiger partial charge is 0.445 e. The van der Waals surface area contributed by atoms with Crippen molar-refractivity contribution in [2.24, 2.45) is 0 Å². The molecule has 1 unspecified atom stereocenters. The summed E-state index contributed by atoms with van der Waals surface area (Å²) in [5, 5.41) is 4.22. The van der Waals surface area contributed by atoms with E-state index in [4.69, 9.17) is 0 Å². The van der Waals surface area contributed by atoms with E-state index in [9.17, 15) is 27.6 Å². The molecule has 0 spiro atoms. The summed E-state index contributed by atoms with van der Waals surface area (Å²) in [6.07, 6.45) is -6.27. The summed E-state index contributed by atoms with van der Waals surface area (Å²) in [6, 6.07) is -0.962. The smallest absolute Gasteiger partial charge is 0.432 e. The first-order valence-electron chi connectivity index (χ1n) is 5.31. The van der Waals surface area contributed by atoms with Gasteiger partial charge < -0.3 is 4.74 Å². The Morgan fingerprint density at radius 1 is 1.33 bits per heavy atom. The number of carbonyl (C=O) groups excluding carboxylic acids is 3. The second-order valence-electron chi connectivity index (χ2n) is 3.92. The number of amides is 3. The summed E-state index contributed by atoms with van der Waals surface area (Å²) >= 11 is 0.0374. The van der Waals surface area contributed by atoms with Crippen LogP contribution >= 0.6 is 11.3 Å². The highest BCUT2D eigenvalue weighted by molar-refractivity contribution is 7.15. The van der Waals surface area contributed by atoms with Crippen LogP contribution in [-0.2, 0) is 20.5 Å². The van der Waals surface area contributed by atoms with E-state index in [-0.39, 0.29) is 11.3 Å². The number of nitrogens with zero attached hydrogens (tertiary/aromatic N) is 4. The molecule has 0 aliphatic carbocycles. The zero-order chi connectivity index (χ0) is 15.9. The molecule has 1 fully saturated rings. The van der Waals surface area contributed by atoms with Gasteiger partial charge in [0.25, 0.3) is 12.1 Å². The van der Waals surface area contributed by atoms with Crippen LogP contribution in [0.5, 0.6) is 0 Å².